The third kappa shape index (κ3) is 3.77. The molecule has 0 spiro atoms. The van der Waals surface area contributed by atoms with E-state index in [2.05, 4.69) is 21.9 Å². The van der Waals surface area contributed by atoms with Gasteiger partial charge in [0.1, 0.15) is 0 Å². The number of fused-ring (bicyclic) bond motifs is 1. The highest BCUT2D eigenvalue weighted by Gasteiger charge is 2.24. The van der Waals surface area contributed by atoms with Crippen molar-refractivity contribution in [2.75, 3.05) is 48.3 Å². The van der Waals surface area contributed by atoms with Crippen LogP contribution in [0.3, 0.4) is 0 Å². The van der Waals surface area contributed by atoms with Gasteiger partial charge in [0, 0.05) is 49.1 Å². The summed E-state index contributed by atoms with van der Waals surface area (Å²) >= 11 is 7.89. The van der Waals surface area contributed by atoms with Crippen molar-refractivity contribution in [2.45, 2.75) is 24.2 Å². The molecule has 0 radical (unpaired) electrons. The second kappa shape index (κ2) is 8.03. The number of halogens is 1. The van der Waals surface area contributed by atoms with Gasteiger partial charge in [0.25, 0.3) is 0 Å². The third-order valence-corrected chi connectivity index (χ3v) is 6.37. The highest BCUT2D eigenvalue weighted by atomic mass is 35.5. The molecule has 1 saturated heterocycles. The molecule has 2 aromatic rings. The zero-order valence-corrected chi connectivity index (χ0v) is 16.4. The zero-order valence-electron chi connectivity index (χ0n) is 14.8. The van der Waals surface area contributed by atoms with Gasteiger partial charge in [0.15, 0.2) is 0 Å². The number of aryl methyl sites for hydroxylation is 2. The molecule has 2 aliphatic heterocycles. The van der Waals surface area contributed by atoms with E-state index in [1.807, 2.05) is 23.9 Å². The maximum absolute atomic E-state index is 6.00. The van der Waals surface area contributed by atoms with Crippen LogP contribution >= 0.6 is 23.4 Å². The lowest BCUT2D eigenvalue weighted by Crippen LogP contribution is -2.47. The summed E-state index contributed by atoms with van der Waals surface area (Å²) in [6, 6.07) is 8.08. The SMILES string of the molecule is NCCCc1nc(N2CCN(c3ccc(Cl)cc3)CC2)nc2c1SCC2. The van der Waals surface area contributed by atoms with Crippen molar-refractivity contribution < 1.29 is 0 Å². The second-order valence-electron chi connectivity index (χ2n) is 6.69. The van der Waals surface area contributed by atoms with E-state index in [4.69, 9.17) is 27.3 Å². The van der Waals surface area contributed by atoms with Crippen LogP contribution in [0.15, 0.2) is 29.2 Å². The topological polar surface area (TPSA) is 58.3 Å². The van der Waals surface area contributed by atoms with Crippen LogP contribution in [0.4, 0.5) is 11.6 Å². The Balaban J connectivity index is 1.48. The van der Waals surface area contributed by atoms with Gasteiger partial charge in [-0.3, -0.25) is 0 Å². The molecule has 0 unspecified atom stereocenters. The second-order valence-corrected chi connectivity index (χ2v) is 8.23. The largest absolute Gasteiger partial charge is 0.368 e. The molecule has 4 rings (SSSR count). The van der Waals surface area contributed by atoms with E-state index in [-0.39, 0.29) is 0 Å². The molecular weight excluding hydrogens is 366 g/mol. The number of nitrogens with two attached hydrogens (primary N) is 1. The summed E-state index contributed by atoms with van der Waals surface area (Å²) < 4.78 is 0. The minimum Gasteiger partial charge on any atom is -0.368 e. The number of benzene rings is 1. The number of thioether (sulfide) groups is 1. The van der Waals surface area contributed by atoms with Crippen molar-refractivity contribution in [2.24, 2.45) is 5.73 Å². The Labute approximate surface area is 163 Å². The van der Waals surface area contributed by atoms with Crippen molar-refractivity contribution in [3.05, 3.63) is 40.7 Å². The van der Waals surface area contributed by atoms with E-state index in [1.54, 1.807) is 0 Å². The van der Waals surface area contributed by atoms with Gasteiger partial charge in [-0.05, 0) is 43.7 Å². The van der Waals surface area contributed by atoms with Crippen LogP contribution in [0, 0.1) is 0 Å². The van der Waals surface area contributed by atoms with Crippen molar-refractivity contribution in [1.29, 1.82) is 0 Å². The lowest BCUT2D eigenvalue weighted by Gasteiger charge is -2.36. The minimum atomic E-state index is 0.707. The molecule has 5 nitrogen and oxygen atoms in total. The predicted octanol–water partition coefficient (Wildman–Crippen LogP) is 3.00. The van der Waals surface area contributed by atoms with Gasteiger partial charge in [0.2, 0.25) is 5.95 Å². The summed E-state index contributed by atoms with van der Waals surface area (Å²) in [6.45, 7) is 4.51. The molecule has 1 fully saturated rings. The molecular formula is C19H24ClN5S. The van der Waals surface area contributed by atoms with Crippen LogP contribution in [-0.2, 0) is 12.8 Å². The maximum Gasteiger partial charge on any atom is 0.225 e. The van der Waals surface area contributed by atoms with Crippen molar-refractivity contribution in [1.82, 2.24) is 9.97 Å². The summed E-state index contributed by atoms with van der Waals surface area (Å²) in [5, 5.41) is 0.779. The monoisotopic (exact) mass is 389 g/mol. The van der Waals surface area contributed by atoms with Gasteiger partial charge < -0.3 is 15.5 Å². The van der Waals surface area contributed by atoms with Crippen molar-refractivity contribution >= 4 is 35.0 Å². The standard InChI is InChI=1S/C19H24ClN5S/c20-14-3-5-15(6-4-14)24-9-11-25(12-10-24)19-22-16(2-1-8-21)18-17(23-19)7-13-26-18/h3-6H,1-2,7-13,21H2. The van der Waals surface area contributed by atoms with Crippen LogP contribution in [-0.4, -0.2) is 48.4 Å². The first-order valence-electron chi connectivity index (χ1n) is 9.23. The van der Waals surface area contributed by atoms with E-state index in [0.29, 0.717) is 6.54 Å². The number of hydrogen-bond donors (Lipinski definition) is 1. The van der Waals surface area contributed by atoms with Crippen LogP contribution in [0.5, 0.6) is 0 Å². The molecule has 1 aromatic heterocycles. The average molecular weight is 390 g/mol. The number of hydrogen-bond acceptors (Lipinski definition) is 6. The Bertz CT molecular complexity index is 759. The highest BCUT2D eigenvalue weighted by Crippen LogP contribution is 2.34. The lowest BCUT2D eigenvalue weighted by atomic mass is 10.2. The minimum absolute atomic E-state index is 0.707. The fourth-order valence-corrected chi connectivity index (χ4v) is 4.77. The summed E-state index contributed by atoms with van der Waals surface area (Å²) in [6.07, 6.45) is 2.98. The van der Waals surface area contributed by atoms with Crippen LogP contribution in [0.1, 0.15) is 17.8 Å². The predicted molar refractivity (Wildman–Crippen MR) is 110 cm³/mol. The molecule has 2 aliphatic rings. The van der Waals surface area contributed by atoms with Gasteiger partial charge in [-0.1, -0.05) is 11.6 Å². The van der Waals surface area contributed by atoms with E-state index < -0.39 is 0 Å². The van der Waals surface area contributed by atoms with Gasteiger partial charge in [-0.15, -0.1) is 11.8 Å². The molecule has 2 N–H and O–H groups in total. The lowest BCUT2D eigenvalue weighted by molar-refractivity contribution is 0.633. The Kier molecular flexibility index (Phi) is 5.52. The number of anilines is 2. The molecule has 7 heteroatoms. The number of rotatable bonds is 5. The number of piperazine rings is 1. The Morgan fingerprint density at radius 3 is 2.50 bits per heavy atom. The smallest absolute Gasteiger partial charge is 0.225 e. The summed E-state index contributed by atoms with van der Waals surface area (Å²) in [5.74, 6) is 2.02. The quantitative estimate of drug-likeness (QED) is 0.848. The molecule has 0 atom stereocenters. The van der Waals surface area contributed by atoms with Gasteiger partial charge in [0.05, 0.1) is 16.3 Å². The normalized spacial score (nSPS) is 16.8. The van der Waals surface area contributed by atoms with Crippen LogP contribution in [0.2, 0.25) is 5.02 Å². The zero-order chi connectivity index (χ0) is 17.9. The fourth-order valence-electron chi connectivity index (χ4n) is 3.52. The Morgan fingerprint density at radius 1 is 1.04 bits per heavy atom. The third-order valence-electron chi connectivity index (χ3n) is 4.95. The number of aromatic nitrogens is 2. The maximum atomic E-state index is 6.00. The van der Waals surface area contributed by atoms with Crippen LogP contribution < -0.4 is 15.5 Å². The highest BCUT2D eigenvalue weighted by molar-refractivity contribution is 7.99. The van der Waals surface area contributed by atoms with E-state index in [0.717, 1.165) is 62.2 Å². The first kappa shape index (κ1) is 17.9. The Morgan fingerprint density at radius 2 is 1.77 bits per heavy atom. The molecule has 3 heterocycles. The Hall–Kier alpha value is -1.50. The molecule has 1 aromatic carbocycles. The summed E-state index contributed by atoms with van der Waals surface area (Å²) in [5.41, 5.74) is 9.36. The first-order chi connectivity index (χ1) is 12.7. The molecule has 0 saturated carbocycles. The number of nitrogens with zero attached hydrogens (tertiary/aromatic N) is 4. The molecule has 138 valence electrons. The van der Waals surface area contributed by atoms with Gasteiger partial charge in [-0.2, -0.15) is 0 Å². The first-order valence-corrected chi connectivity index (χ1v) is 10.6. The van der Waals surface area contributed by atoms with E-state index >= 15 is 0 Å². The molecule has 0 amide bonds. The van der Waals surface area contributed by atoms with E-state index in [9.17, 15) is 0 Å². The van der Waals surface area contributed by atoms with Crippen molar-refractivity contribution in [3.63, 3.8) is 0 Å². The fraction of sp³-hybridized carbons (Fsp3) is 0.474. The van der Waals surface area contributed by atoms with Gasteiger partial charge >= 0.3 is 0 Å². The van der Waals surface area contributed by atoms with Gasteiger partial charge in [-0.25, -0.2) is 9.97 Å². The van der Waals surface area contributed by atoms with Crippen LogP contribution in [0.25, 0.3) is 0 Å². The molecule has 0 bridgehead atoms. The average Bonchev–Trinajstić information content (AvgIpc) is 3.15. The molecule has 0 aliphatic carbocycles. The summed E-state index contributed by atoms with van der Waals surface area (Å²) in [7, 11) is 0. The van der Waals surface area contributed by atoms with E-state index in [1.165, 1.54) is 22.0 Å². The molecule has 26 heavy (non-hydrogen) atoms. The van der Waals surface area contributed by atoms with Crippen molar-refractivity contribution in [3.8, 4) is 0 Å². The summed E-state index contributed by atoms with van der Waals surface area (Å²) in [4.78, 5) is 15.8.